The molecule has 120 valence electrons. The second kappa shape index (κ2) is 6.96. The molecule has 8 heteroatoms. The van der Waals surface area contributed by atoms with Gasteiger partial charge < -0.3 is 10.1 Å². The van der Waals surface area contributed by atoms with E-state index in [9.17, 15) is 13.2 Å². The summed E-state index contributed by atoms with van der Waals surface area (Å²) in [6.07, 6.45) is -4.40. The van der Waals surface area contributed by atoms with E-state index in [-0.39, 0.29) is 18.0 Å². The molecule has 0 radical (unpaired) electrons. The minimum absolute atomic E-state index is 0.163. The highest BCUT2D eigenvalue weighted by Crippen LogP contribution is 2.24. The molecule has 1 aromatic carbocycles. The number of anilines is 1. The summed E-state index contributed by atoms with van der Waals surface area (Å²) in [4.78, 5) is 0. The summed E-state index contributed by atoms with van der Waals surface area (Å²) < 4.78 is 41.8. The van der Waals surface area contributed by atoms with Crippen LogP contribution in [0.3, 0.4) is 0 Å². The molecular weight excluding hydrogens is 309 g/mol. The zero-order valence-corrected chi connectivity index (χ0v) is 12.2. The van der Waals surface area contributed by atoms with Gasteiger partial charge in [0, 0.05) is 12.1 Å². The van der Waals surface area contributed by atoms with Crippen molar-refractivity contribution in [3.05, 3.63) is 47.2 Å². The van der Waals surface area contributed by atoms with Gasteiger partial charge in [0.25, 0.3) is 0 Å². The number of ether oxygens (including phenoxy) is 1. The molecule has 0 aliphatic heterocycles. The maximum Gasteiger partial charge on any atom is 0.422 e. The Hall–Kier alpha value is -2.82. The molecule has 0 aliphatic carbocycles. The lowest BCUT2D eigenvalue weighted by atomic mass is 10.1. The average molecular weight is 322 g/mol. The van der Waals surface area contributed by atoms with Crippen molar-refractivity contribution >= 4 is 5.82 Å². The summed E-state index contributed by atoms with van der Waals surface area (Å²) in [5.41, 5.74) is 1.54. The number of halogens is 3. The molecule has 1 N–H and O–H groups in total. The number of nitrogens with one attached hydrogen (secondary N) is 1. The van der Waals surface area contributed by atoms with Gasteiger partial charge in [-0.2, -0.15) is 18.4 Å². The van der Waals surface area contributed by atoms with Gasteiger partial charge in [0.2, 0.25) is 0 Å². The van der Waals surface area contributed by atoms with Crippen LogP contribution in [-0.2, 0) is 6.54 Å². The fourth-order valence-electron chi connectivity index (χ4n) is 1.77. The summed E-state index contributed by atoms with van der Waals surface area (Å²) >= 11 is 0. The first-order valence-corrected chi connectivity index (χ1v) is 6.64. The number of nitrogens with zero attached hydrogens (tertiary/aromatic N) is 3. The lowest BCUT2D eigenvalue weighted by molar-refractivity contribution is -0.153. The molecule has 0 saturated carbocycles. The molecule has 0 amide bonds. The summed E-state index contributed by atoms with van der Waals surface area (Å²) in [5, 5.41) is 19.0. The van der Waals surface area contributed by atoms with Crippen molar-refractivity contribution in [1.29, 1.82) is 5.26 Å². The minimum Gasteiger partial charge on any atom is -0.484 e. The molecule has 0 fully saturated rings. The molecule has 0 saturated heterocycles. The van der Waals surface area contributed by atoms with Crippen molar-refractivity contribution in [3.63, 3.8) is 0 Å². The summed E-state index contributed by atoms with van der Waals surface area (Å²) in [6, 6.07) is 9.92. The number of alkyl halides is 3. The van der Waals surface area contributed by atoms with Crippen LogP contribution in [0.2, 0.25) is 0 Å². The monoisotopic (exact) mass is 322 g/mol. The number of nitriles is 1. The molecular formula is C15H13F3N4O. The molecule has 0 unspecified atom stereocenters. The lowest BCUT2D eigenvalue weighted by Gasteiger charge is -2.14. The third-order valence-electron chi connectivity index (χ3n) is 2.85. The van der Waals surface area contributed by atoms with Gasteiger partial charge in [0.1, 0.15) is 17.6 Å². The van der Waals surface area contributed by atoms with Gasteiger partial charge in [0.15, 0.2) is 12.3 Å². The van der Waals surface area contributed by atoms with E-state index >= 15 is 0 Å². The predicted molar refractivity (Wildman–Crippen MR) is 76.8 cm³/mol. The SMILES string of the molecule is Cc1ccc(CNc2ccc(C#N)nn2)c(OCC(F)(F)F)c1. The standard InChI is InChI=1S/C15H13F3N4O/c1-10-2-3-11(13(6-10)23-9-15(16,17)18)8-20-14-5-4-12(7-19)21-22-14/h2-6H,8-9H2,1H3,(H,20,22). The number of aromatic nitrogens is 2. The molecule has 0 bridgehead atoms. The van der Waals surface area contributed by atoms with Crippen molar-refractivity contribution in [2.75, 3.05) is 11.9 Å². The number of rotatable bonds is 5. The molecule has 1 aromatic heterocycles. The highest BCUT2D eigenvalue weighted by molar-refractivity contribution is 5.42. The molecule has 0 atom stereocenters. The molecule has 0 aliphatic rings. The number of hydrogen-bond acceptors (Lipinski definition) is 5. The van der Waals surface area contributed by atoms with Crippen molar-refractivity contribution < 1.29 is 17.9 Å². The van der Waals surface area contributed by atoms with Gasteiger partial charge in [-0.25, -0.2) is 0 Å². The average Bonchev–Trinajstić information content (AvgIpc) is 2.52. The Morgan fingerprint density at radius 3 is 2.61 bits per heavy atom. The maximum absolute atomic E-state index is 12.3. The normalized spacial score (nSPS) is 10.9. The van der Waals surface area contributed by atoms with E-state index in [1.165, 1.54) is 6.07 Å². The smallest absolute Gasteiger partial charge is 0.422 e. The van der Waals surface area contributed by atoms with Gasteiger partial charge in [-0.15, -0.1) is 10.2 Å². The van der Waals surface area contributed by atoms with Crippen LogP contribution in [0, 0.1) is 18.3 Å². The second-order valence-electron chi connectivity index (χ2n) is 4.78. The van der Waals surface area contributed by atoms with Gasteiger partial charge >= 0.3 is 6.18 Å². The molecule has 2 aromatic rings. The number of hydrogen-bond donors (Lipinski definition) is 1. The molecule has 23 heavy (non-hydrogen) atoms. The molecule has 1 heterocycles. The Kier molecular flexibility index (Phi) is 5.01. The van der Waals surface area contributed by atoms with E-state index in [2.05, 4.69) is 15.5 Å². The van der Waals surface area contributed by atoms with E-state index in [1.807, 2.05) is 6.07 Å². The quantitative estimate of drug-likeness (QED) is 0.915. The largest absolute Gasteiger partial charge is 0.484 e. The topological polar surface area (TPSA) is 70.8 Å². The zero-order chi connectivity index (χ0) is 16.9. The number of aryl methyl sites for hydroxylation is 1. The highest BCUT2D eigenvalue weighted by Gasteiger charge is 2.28. The predicted octanol–water partition coefficient (Wildman–Crippen LogP) is 3.21. The van der Waals surface area contributed by atoms with Crippen LogP contribution in [0.4, 0.5) is 19.0 Å². The highest BCUT2D eigenvalue weighted by atomic mass is 19.4. The van der Waals surface area contributed by atoms with Crippen molar-refractivity contribution in [1.82, 2.24) is 10.2 Å². The van der Waals surface area contributed by atoms with E-state index < -0.39 is 12.8 Å². The Balaban J connectivity index is 2.07. The summed E-state index contributed by atoms with van der Waals surface area (Å²) in [7, 11) is 0. The minimum atomic E-state index is -4.40. The van der Waals surface area contributed by atoms with Crippen LogP contribution in [0.5, 0.6) is 5.75 Å². The Morgan fingerprint density at radius 1 is 1.22 bits per heavy atom. The second-order valence-corrected chi connectivity index (χ2v) is 4.78. The first-order chi connectivity index (χ1) is 10.9. The summed E-state index contributed by atoms with van der Waals surface area (Å²) in [6.45, 7) is 0.637. The Labute approximate surface area is 130 Å². The maximum atomic E-state index is 12.3. The molecule has 5 nitrogen and oxygen atoms in total. The van der Waals surface area contributed by atoms with Crippen molar-refractivity contribution in [2.24, 2.45) is 0 Å². The Bertz CT molecular complexity index is 708. The molecule has 0 spiro atoms. The third-order valence-corrected chi connectivity index (χ3v) is 2.85. The Morgan fingerprint density at radius 2 is 2.00 bits per heavy atom. The lowest BCUT2D eigenvalue weighted by Crippen LogP contribution is -2.20. The van der Waals surface area contributed by atoms with Gasteiger partial charge in [-0.1, -0.05) is 12.1 Å². The van der Waals surface area contributed by atoms with E-state index in [0.717, 1.165) is 5.56 Å². The van der Waals surface area contributed by atoms with Gasteiger partial charge in [-0.05, 0) is 30.7 Å². The fourth-order valence-corrected chi connectivity index (χ4v) is 1.77. The van der Waals surface area contributed by atoms with Crippen molar-refractivity contribution in [3.8, 4) is 11.8 Å². The van der Waals surface area contributed by atoms with Crippen LogP contribution in [-0.4, -0.2) is 23.0 Å². The zero-order valence-electron chi connectivity index (χ0n) is 12.2. The van der Waals surface area contributed by atoms with E-state index in [1.54, 1.807) is 31.2 Å². The fraction of sp³-hybridized carbons (Fsp3) is 0.267. The van der Waals surface area contributed by atoms with Crippen LogP contribution in [0.1, 0.15) is 16.8 Å². The third kappa shape index (κ3) is 5.14. The van der Waals surface area contributed by atoms with Crippen molar-refractivity contribution in [2.45, 2.75) is 19.6 Å². The van der Waals surface area contributed by atoms with Gasteiger partial charge in [-0.3, -0.25) is 0 Å². The number of benzene rings is 1. The summed E-state index contributed by atoms with van der Waals surface area (Å²) in [5.74, 6) is 0.572. The molecule has 2 rings (SSSR count). The van der Waals surface area contributed by atoms with Crippen LogP contribution in [0.15, 0.2) is 30.3 Å². The van der Waals surface area contributed by atoms with Gasteiger partial charge in [0.05, 0.1) is 0 Å². The van der Waals surface area contributed by atoms with Crippen LogP contribution in [0.25, 0.3) is 0 Å². The van der Waals surface area contributed by atoms with Crippen LogP contribution < -0.4 is 10.1 Å². The first-order valence-electron chi connectivity index (χ1n) is 6.64. The first kappa shape index (κ1) is 16.5. The van der Waals surface area contributed by atoms with E-state index in [4.69, 9.17) is 10.00 Å². The van der Waals surface area contributed by atoms with Crippen LogP contribution >= 0.6 is 0 Å². The van der Waals surface area contributed by atoms with E-state index in [0.29, 0.717) is 11.4 Å².